The van der Waals surface area contributed by atoms with E-state index in [1.165, 1.54) is 6.07 Å². The Morgan fingerprint density at radius 3 is 2.96 bits per heavy atom. The van der Waals surface area contributed by atoms with E-state index >= 15 is 0 Å². The molecule has 134 valence electrons. The molecule has 0 aliphatic carbocycles. The summed E-state index contributed by atoms with van der Waals surface area (Å²) in [5.41, 5.74) is 2.69. The van der Waals surface area contributed by atoms with Crippen molar-refractivity contribution in [2.24, 2.45) is 0 Å². The number of hydrogen-bond acceptors (Lipinski definition) is 5. The molecule has 1 aromatic carbocycles. The molecule has 0 bridgehead atoms. The molecular formula is C18H18ClFN6. The van der Waals surface area contributed by atoms with Crippen LogP contribution >= 0.6 is 11.6 Å². The molecule has 3 heterocycles. The first-order valence-electron chi connectivity index (χ1n) is 8.39. The number of anilines is 1. The molecule has 0 fully saturated rings. The number of nitrogens with one attached hydrogen (secondary N) is 1. The molecule has 0 radical (unpaired) electrons. The van der Waals surface area contributed by atoms with Crippen LogP contribution in [0.1, 0.15) is 17.0 Å². The largest absolute Gasteiger partial charge is 0.363 e. The molecule has 0 saturated heterocycles. The van der Waals surface area contributed by atoms with Gasteiger partial charge in [-0.3, -0.25) is 14.6 Å². The second kappa shape index (κ2) is 7.39. The van der Waals surface area contributed by atoms with Crippen molar-refractivity contribution in [1.29, 1.82) is 0 Å². The molecule has 1 aliphatic heterocycles. The van der Waals surface area contributed by atoms with Crippen LogP contribution in [-0.4, -0.2) is 31.2 Å². The minimum atomic E-state index is -0.220. The third-order valence-corrected chi connectivity index (χ3v) is 4.58. The lowest BCUT2D eigenvalue weighted by molar-refractivity contribution is 0.202. The van der Waals surface area contributed by atoms with E-state index in [4.69, 9.17) is 11.6 Å². The Bertz CT molecular complexity index is 898. The van der Waals surface area contributed by atoms with E-state index < -0.39 is 0 Å². The maximum absolute atomic E-state index is 14.0. The molecule has 26 heavy (non-hydrogen) atoms. The second-order valence-electron chi connectivity index (χ2n) is 6.24. The van der Waals surface area contributed by atoms with Crippen LogP contribution in [-0.2, 0) is 26.2 Å². The Hall–Kier alpha value is -2.51. The van der Waals surface area contributed by atoms with E-state index in [1.54, 1.807) is 30.7 Å². The summed E-state index contributed by atoms with van der Waals surface area (Å²) in [6.07, 6.45) is 4.96. The van der Waals surface area contributed by atoms with Crippen LogP contribution < -0.4 is 5.32 Å². The monoisotopic (exact) mass is 372 g/mol. The average molecular weight is 373 g/mol. The van der Waals surface area contributed by atoms with Gasteiger partial charge in [-0.2, -0.15) is 5.10 Å². The fourth-order valence-corrected chi connectivity index (χ4v) is 3.27. The number of halogens is 2. The molecule has 0 spiro atoms. The minimum absolute atomic E-state index is 0.220. The van der Waals surface area contributed by atoms with Crippen LogP contribution in [0.4, 0.5) is 10.2 Å². The summed E-state index contributed by atoms with van der Waals surface area (Å²) in [5, 5.41) is 8.39. The third-order valence-electron chi connectivity index (χ3n) is 4.34. The van der Waals surface area contributed by atoms with E-state index in [2.05, 4.69) is 31.3 Å². The second-order valence-corrected chi connectivity index (χ2v) is 6.68. The standard InChI is InChI=1S/C18H18ClFN6/c19-14-1-2-17(20)13(7-14)11-25-5-6-26-16(12-25)8-15(24-26)9-23-18-10-21-3-4-22-18/h1-4,7-8,10H,5-6,9,11-12H2,(H,22,23). The van der Waals surface area contributed by atoms with Crippen molar-refractivity contribution < 1.29 is 4.39 Å². The highest BCUT2D eigenvalue weighted by molar-refractivity contribution is 6.30. The van der Waals surface area contributed by atoms with Crippen LogP contribution in [0.25, 0.3) is 0 Å². The number of hydrogen-bond donors (Lipinski definition) is 1. The highest BCUT2D eigenvalue weighted by Crippen LogP contribution is 2.20. The zero-order valence-electron chi connectivity index (χ0n) is 14.1. The van der Waals surface area contributed by atoms with Crippen LogP contribution in [0.2, 0.25) is 5.02 Å². The topological polar surface area (TPSA) is 58.9 Å². The quantitative estimate of drug-likeness (QED) is 0.745. The average Bonchev–Trinajstić information content (AvgIpc) is 3.06. The molecule has 0 amide bonds. The van der Waals surface area contributed by atoms with Gasteiger partial charge >= 0.3 is 0 Å². The van der Waals surface area contributed by atoms with E-state index in [9.17, 15) is 4.39 Å². The lowest BCUT2D eigenvalue weighted by atomic mass is 10.2. The summed E-state index contributed by atoms with van der Waals surface area (Å²) in [5.74, 6) is 0.499. The minimum Gasteiger partial charge on any atom is -0.363 e. The molecule has 1 aliphatic rings. The fourth-order valence-electron chi connectivity index (χ4n) is 3.08. The summed E-state index contributed by atoms with van der Waals surface area (Å²) >= 11 is 5.99. The smallest absolute Gasteiger partial charge is 0.144 e. The van der Waals surface area contributed by atoms with Gasteiger partial charge in [-0.25, -0.2) is 9.37 Å². The summed E-state index contributed by atoms with van der Waals surface area (Å²) < 4.78 is 16.0. The Labute approximate surface area is 155 Å². The maximum atomic E-state index is 14.0. The third kappa shape index (κ3) is 3.84. The van der Waals surface area contributed by atoms with E-state index in [1.807, 2.05) is 4.68 Å². The van der Waals surface area contributed by atoms with Crippen LogP contribution in [0.15, 0.2) is 42.9 Å². The van der Waals surface area contributed by atoms with E-state index in [0.29, 0.717) is 23.7 Å². The summed E-state index contributed by atoms with van der Waals surface area (Å²) in [4.78, 5) is 10.4. The summed E-state index contributed by atoms with van der Waals surface area (Å²) in [6, 6.07) is 6.76. The van der Waals surface area contributed by atoms with Crippen molar-refractivity contribution in [3.63, 3.8) is 0 Å². The van der Waals surface area contributed by atoms with Gasteiger partial charge in [-0.15, -0.1) is 0 Å². The van der Waals surface area contributed by atoms with Crippen LogP contribution in [0, 0.1) is 5.82 Å². The highest BCUT2D eigenvalue weighted by Gasteiger charge is 2.19. The highest BCUT2D eigenvalue weighted by atomic mass is 35.5. The Morgan fingerprint density at radius 1 is 1.19 bits per heavy atom. The van der Waals surface area contributed by atoms with Gasteiger partial charge < -0.3 is 5.32 Å². The Kier molecular flexibility index (Phi) is 4.81. The Morgan fingerprint density at radius 2 is 2.12 bits per heavy atom. The van der Waals surface area contributed by atoms with Crippen molar-refractivity contribution >= 4 is 17.4 Å². The molecule has 0 saturated carbocycles. The molecule has 1 N–H and O–H groups in total. The van der Waals surface area contributed by atoms with Crippen molar-refractivity contribution in [3.05, 3.63) is 70.6 Å². The normalized spacial score (nSPS) is 14.2. The number of rotatable bonds is 5. The number of aromatic nitrogens is 4. The number of nitrogens with zero attached hydrogens (tertiary/aromatic N) is 5. The molecule has 0 atom stereocenters. The number of fused-ring (bicyclic) bond motifs is 1. The zero-order chi connectivity index (χ0) is 17.9. The fraction of sp³-hybridized carbons (Fsp3) is 0.278. The van der Waals surface area contributed by atoms with Gasteiger partial charge in [0.25, 0.3) is 0 Å². The van der Waals surface area contributed by atoms with Gasteiger partial charge in [0.2, 0.25) is 0 Å². The Balaban J connectivity index is 1.41. The van der Waals surface area contributed by atoms with Crippen molar-refractivity contribution in [2.45, 2.75) is 26.2 Å². The van der Waals surface area contributed by atoms with Crippen molar-refractivity contribution in [2.75, 3.05) is 11.9 Å². The molecule has 0 unspecified atom stereocenters. The molecule has 6 nitrogen and oxygen atoms in total. The summed E-state index contributed by atoms with van der Waals surface area (Å²) in [6.45, 7) is 3.44. The van der Waals surface area contributed by atoms with Crippen molar-refractivity contribution in [3.8, 4) is 0 Å². The van der Waals surface area contributed by atoms with Gasteiger partial charge in [0.1, 0.15) is 11.6 Å². The van der Waals surface area contributed by atoms with E-state index in [0.717, 1.165) is 36.8 Å². The molecule has 4 rings (SSSR count). The molecule has 3 aromatic rings. The molecular weight excluding hydrogens is 355 g/mol. The van der Waals surface area contributed by atoms with Crippen LogP contribution in [0.3, 0.4) is 0 Å². The van der Waals surface area contributed by atoms with Gasteiger partial charge in [0.05, 0.1) is 30.7 Å². The van der Waals surface area contributed by atoms with Gasteiger partial charge in [-0.05, 0) is 24.3 Å². The SMILES string of the molecule is Fc1ccc(Cl)cc1CN1CCn2nc(CNc3cnccn3)cc2C1. The number of benzene rings is 1. The zero-order valence-corrected chi connectivity index (χ0v) is 14.8. The van der Waals surface area contributed by atoms with Gasteiger partial charge in [-0.1, -0.05) is 11.6 Å². The first-order valence-corrected chi connectivity index (χ1v) is 8.77. The van der Waals surface area contributed by atoms with Crippen molar-refractivity contribution in [1.82, 2.24) is 24.6 Å². The predicted molar refractivity (Wildman–Crippen MR) is 97.1 cm³/mol. The lowest BCUT2D eigenvalue weighted by Gasteiger charge is -2.27. The van der Waals surface area contributed by atoms with Gasteiger partial charge in [0, 0.05) is 42.6 Å². The van der Waals surface area contributed by atoms with Crippen LogP contribution in [0.5, 0.6) is 0 Å². The first-order chi connectivity index (χ1) is 12.7. The summed E-state index contributed by atoms with van der Waals surface area (Å²) in [7, 11) is 0. The van der Waals surface area contributed by atoms with Gasteiger partial charge in [0.15, 0.2) is 0 Å². The lowest BCUT2D eigenvalue weighted by Crippen LogP contribution is -2.33. The molecule has 2 aromatic heterocycles. The maximum Gasteiger partial charge on any atom is 0.144 e. The first kappa shape index (κ1) is 16.9. The predicted octanol–water partition coefficient (Wildman–Crippen LogP) is 3.09. The van der Waals surface area contributed by atoms with E-state index in [-0.39, 0.29) is 5.82 Å². The molecule has 8 heteroatoms.